The second-order valence-corrected chi connectivity index (χ2v) is 31.8. The van der Waals surface area contributed by atoms with Crippen molar-refractivity contribution in [1.29, 1.82) is 0 Å². The molecule has 0 spiro atoms. The van der Waals surface area contributed by atoms with Crippen LogP contribution in [0.4, 0.5) is 0 Å². The van der Waals surface area contributed by atoms with Crippen molar-refractivity contribution < 1.29 is 9.90 Å². The molecule has 6 heteroatoms. The molecule has 0 bridgehead atoms. The van der Waals surface area contributed by atoms with Gasteiger partial charge in [-0.15, -0.1) is 0 Å². The highest BCUT2D eigenvalue weighted by Crippen LogP contribution is 2.68. The first-order chi connectivity index (χ1) is 43.1. The van der Waals surface area contributed by atoms with E-state index in [9.17, 15) is 9.90 Å². The van der Waals surface area contributed by atoms with E-state index in [1.165, 1.54) is 373 Å². The zero-order valence-corrected chi connectivity index (χ0v) is 61.2. The topological polar surface area (TPSA) is 59.0 Å². The van der Waals surface area contributed by atoms with Crippen LogP contribution in [0.15, 0.2) is 0 Å². The molecule has 7 unspecified atom stereocenters. The summed E-state index contributed by atoms with van der Waals surface area (Å²) in [5, 5.41) is 14.0. The summed E-state index contributed by atoms with van der Waals surface area (Å²) in [7, 11) is 0. The minimum Gasteiger partial charge on any atom is -0.393 e. The van der Waals surface area contributed by atoms with Gasteiger partial charge in [0.1, 0.15) is 0 Å². The fraction of sp³-hybridized carbons (Fsp3) is 0.988. The SMILES string of the molecule is CCCCCCCCCCCCN(CCCCN(CCCCCCCCCCCC)CCCN(CCCCCCCCCCCC)CCCCCCCCCCCC)CCCNC(=O)CC[C@@H](C)C1CCC2C3CCC4C[C@H](O)CCC4(C)C3CCC21C. The summed E-state index contributed by atoms with van der Waals surface area (Å²) in [5.74, 6) is 5.02. The number of rotatable bonds is 61. The molecule has 4 aliphatic carbocycles. The van der Waals surface area contributed by atoms with Gasteiger partial charge in [-0.05, 0) is 221 Å². The minimum absolute atomic E-state index is 0.0581. The number of aliphatic hydroxyl groups is 1. The Kier molecular flexibility index (Phi) is 46.8. The van der Waals surface area contributed by atoms with Gasteiger partial charge in [0, 0.05) is 13.0 Å². The van der Waals surface area contributed by atoms with E-state index in [0.29, 0.717) is 29.1 Å². The van der Waals surface area contributed by atoms with Crippen molar-refractivity contribution in [2.45, 2.75) is 408 Å². The van der Waals surface area contributed by atoms with Crippen molar-refractivity contribution in [2.75, 3.05) is 65.4 Å². The molecule has 0 aromatic heterocycles. The van der Waals surface area contributed by atoms with Crippen LogP contribution in [0.5, 0.6) is 0 Å². The smallest absolute Gasteiger partial charge is 0.220 e. The number of fused-ring (bicyclic) bond motifs is 5. The Balaban J connectivity index is 1.25. The maximum atomic E-state index is 13.6. The third kappa shape index (κ3) is 33.6. The van der Waals surface area contributed by atoms with Gasteiger partial charge in [-0.2, -0.15) is 0 Å². The lowest BCUT2D eigenvalue weighted by Gasteiger charge is -2.61. The number of amides is 1. The maximum Gasteiger partial charge on any atom is 0.220 e. The van der Waals surface area contributed by atoms with E-state index in [4.69, 9.17) is 0 Å². The van der Waals surface area contributed by atoms with Crippen molar-refractivity contribution in [3.63, 3.8) is 0 Å². The highest BCUT2D eigenvalue weighted by molar-refractivity contribution is 5.75. The quantitative estimate of drug-likeness (QED) is 0.0595. The average molecular weight is 1230 g/mol. The second-order valence-electron chi connectivity index (χ2n) is 31.8. The van der Waals surface area contributed by atoms with Gasteiger partial charge in [-0.1, -0.05) is 280 Å². The summed E-state index contributed by atoms with van der Waals surface area (Å²) in [6.07, 6.45) is 75.0. The van der Waals surface area contributed by atoms with Crippen LogP contribution in [0.1, 0.15) is 402 Å². The number of nitrogens with one attached hydrogen (secondary N) is 1. The van der Waals surface area contributed by atoms with Crippen LogP contribution in [0, 0.1) is 46.3 Å². The zero-order valence-electron chi connectivity index (χ0n) is 61.2. The van der Waals surface area contributed by atoms with Crippen LogP contribution in [0.2, 0.25) is 0 Å². The molecule has 0 radical (unpaired) electrons. The molecule has 4 saturated carbocycles. The van der Waals surface area contributed by atoms with E-state index < -0.39 is 0 Å². The Bertz CT molecular complexity index is 1570. The Morgan fingerprint density at radius 2 is 0.727 bits per heavy atom. The Morgan fingerprint density at radius 3 is 1.12 bits per heavy atom. The molecule has 0 heterocycles. The molecule has 2 N–H and O–H groups in total. The standard InChI is InChI=1S/C82H160N4O2/c1-8-12-16-20-24-28-32-36-40-44-63-84(69-50-62-83-80(88)57-52-73(5)77-55-56-78-76-54-53-74-72-75(87)58-60-81(74,6)79(76)59-61-82(77,78)7)67-48-49-68-86(66-47-43-39-35-31-27-23-19-15-11-4)71-51-70-85(64-45-41-37-33-29-25-21-17-13-9-2)65-46-42-38-34-30-26-22-18-14-10-3/h73-79,87H,8-72H2,1-7H3,(H,83,88)/t73-,74?,75-,76?,77?,78?,79?,81?,82?/m1/s1. The first-order valence-electron chi connectivity index (χ1n) is 41.2. The number of unbranched alkanes of at least 4 members (excludes halogenated alkanes) is 37. The molecule has 0 aromatic rings. The molecule has 1 amide bonds. The number of aliphatic hydroxyl groups excluding tert-OH is 1. The van der Waals surface area contributed by atoms with Gasteiger partial charge < -0.3 is 25.1 Å². The lowest BCUT2D eigenvalue weighted by Crippen LogP contribution is -2.54. The van der Waals surface area contributed by atoms with Gasteiger partial charge in [0.05, 0.1) is 6.10 Å². The van der Waals surface area contributed by atoms with Gasteiger partial charge in [0.2, 0.25) is 5.91 Å². The third-order valence-electron chi connectivity index (χ3n) is 24.7. The number of hydrogen-bond donors (Lipinski definition) is 2. The summed E-state index contributed by atoms with van der Waals surface area (Å²) < 4.78 is 0. The van der Waals surface area contributed by atoms with Crippen molar-refractivity contribution in [2.24, 2.45) is 46.3 Å². The van der Waals surface area contributed by atoms with Crippen LogP contribution in [-0.2, 0) is 4.79 Å². The van der Waals surface area contributed by atoms with Gasteiger partial charge in [-0.3, -0.25) is 4.79 Å². The monoisotopic (exact) mass is 1230 g/mol. The molecule has 0 saturated heterocycles. The molecule has 9 atom stereocenters. The van der Waals surface area contributed by atoms with Crippen molar-refractivity contribution >= 4 is 5.91 Å². The molecule has 0 aliphatic heterocycles. The summed E-state index contributed by atoms with van der Waals surface area (Å²) in [4.78, 5) is 22.2. The summed E-state index contributed by atoms with van der Waals surface area (Å²) in [6.45, 7) is 29.3. The molecule has 4 aliphatic rings. The van der Waals surface area contributed by atoms with Gasteiger partial charge in [-0.25, -0.2) is 0 Å². The molecule has 520 valence electrons. The Hall–Kier alpha value is -0.690. The predicted octanol–water partition coefficient (Wildman–Crippen LogP) is 23.7. The molecular weight excluding hydrogens is 1070 g/mol. The lowest BCUT2D eigenvalue weighted by atomic mass is 9.44. The largest absolute Gasteiger partial charge is 0.393 e. The fourth-order valence-corrected chi connectivity index (χ4v) is 18.9. The van der Waals surface area contributed by atoms with E-state index in [1.807, 2.05) is 0 Å². The van der Waals surface area contributed by atoms with E-state index in [2.05, 4.69) is 68.5 Å². The zero-order chi connectivity index (χ0) is 63.0. The summed E-state index contributed by atoms with van der Waals surface area (Å²) >= 11 is 0. The van der Waals surface area contributed by atoms with Crippen molar-refractivity contribution in [3.8, 4) is 0 Å². The minimum atomic E-state index is -0.0581. The Labute approximate surface area is 552 Å². The van der Waals surface area contributed by atoms with Crippen LogP contribution < -0.4 is 5.32 Å². The molecule has 0 aromatic carbocycles. The second kappa shape index (κ2) is 51.6. The number of carbonyl (C=O) groups is 1. The van der Waals surface area contributed by atoms with E-state index in [-0.39, 0.29) is 6.10 Å². The highest BCUT2D eigenvalue weighted by Gasteiger charge is 2.60. The normalized spacial score (nSPS) is 23.9. The molecule has 6 nitrogen and oxygen atoms in total. The lowest BCUT2D eigenvalue weighted by molar-refractivity contribution is -0.129. The predicted molar refractivity (Wildman–Crippen MR) is 388 cm³/mol. The van der Waals surface area contributed by atoms with Gasteiger partial charge in [0.25, 0.3) is 0 Å². The van der Waals surface area contributed by atoms with Crippen LogP contribution in [-0.4, -0.2) is 97.3 Å². The van der Waals surface area contributed by atoms with Crippen LogP contribution in [0.25, 0.3) is 0 Å². The van der Waals surface area contributed by atoms with E-state index in [0.717, 1.165) is 68.4 Å². The molecule has 4 fully saturated rings. The van der Waals surface area contributed by atoms with Crippen LogP contribution in [0.3, 0.4) is 0 Å². The van der Waals surface area contributed by atoms with E-state index >= 15 is 0 Å². The van der Waals surface area contributed by atoms with Crippen molar-refractivity contribution in [3.05, 3.63) is 0 Å². The Morgan fingerprint density at radius 1 is 0.398 bits per heavy atom. The fourth-order valence-electron chi connectivity index (χ4n) is 18.9. The van der Waals surface area contributed by atoms with E-state index in [1.54, 1.807) is 0 Å². The highest BCUT2D eigenvalue weighted by atomic mass is 16.3. The van der Waals surface area contributed by atoms with Crippen LogP contribution >= 0.6 is 0 Å². The number of carbonyl (C=O) groups excluding carboxylic acids is 1. The first kappa shape index (κ1) is 79.7. The number of nitrogens with zero attached hydrogens (tertiary/aromatic N) is 3. The van der Waals surface area contributed by atoms with Crippen molar-refractivity contribution in [1.82, 2.24) is 20.0 Å². The maximum absolute atomic E-state index is 13.6. The molecular formula is C82H160N4O2. The molecule has 88 heavy (non-hydrogen) atoms. The summed E-state index contributed by atoms with van der Waals surface area (Å²) in [6, 6.07) is 0. The first-order valence-corrected chi connectivity index (χ1v) is 41.2. The summed E-state index contributed by atoms with van der Waals surface area (Å²) in [5.41, 5.74) is 0.889. The third-order valence-corrected chi connectivity index (χ3v) is 24.7. The molecule has 4 rings (SSSR count). The van der Waals surface area contributed by atoms with Gasteiger partial charge >= 0.3 is 0 Å². The average Bonchev–Trinajstić information content (AvgIpc) is 1.51. The number of hydrogen-bond acceptors (Lipinski definition) is 5. The van der Waals surface area contributed by atoms with Gasteiger partial charge in [0.15, 0.2) is 0 Å².